The molecule has 0 saturated heterocycles. The average molecular weight is 450 g/mol. The molecule has 1 rings (SSSR count). The summed E-state index contributed by atoms with van der Waals surface area (Å²) >= 11 is 6.28. The van der Waals surface area contributed by atoms with Crippen LogP contribution < -0.4 is 10.5 Å². The van der Waals surface area contributed by atoms with Gasteiger partial charge >= 0.3 is 0 Å². The van der Waals surface area contributed by atoms with Gasteiger partial charge in [0.05, 0.1) is 5.75 Å². The molecule has 1 atom stereocenters. The lowest BCUT2D eigenvalue weighted by molar-refractivity contribution is 0.563. The van der Waals surface area contributed by atoms with Gasteiger partial charge in [-0.3, -0.25) is 0 Å². The number of nitrogen functional groups attached to an aromatic ring is 1. The molecular formula is C10H14Br2N2O4S2. The maximum absolute atomic E-state index is 12.3. The second-order valence-corrected chi connectivity index (χ2v) is 9.97. The van der Waals surface area contributed by atoms with E-state index in [0.717, 1.165) is 6.26 Å². The molecule has 1 aromatic rings. The monoisotopic (exact) mass is 448 g/mol. The highest BCUT2D eigenvalue weighted by Gasteiger charge is 2.25. The molecule has 1 aromatic carbocycles. The number of nitrogens with one attached hydrogen (secondary N) is 1. The van der Waals surface area contributed by atoms with Crippen molar-refractivity contribution in [3.63, 3.8) is 0 Å². The van der Waals surface area contributed by atoms with Gasteiger partial charge in [0.2, 0.25) is 10.0 Å². The lowest BCUT2D eigenvalue weighted by Gasteiger charge is -2.15. The third-order valence-electron chi connectivity index (χ3n) is 2.20. The predicted molar refractivity (Wildman–Crippen MR) is 85.7 cm³/mol. The van der Waals surface area contributed by atoms with Crippen LogP contribution in [0.2, 0.25) is 0 Å². The first-order valence-electron chi connectivity index (χ1n) is 5.37. The van der Waals surface area contributed by atoms with Crippen molar-refractivity contribution in [1.29, 1.82) is 0 Å². The van der Waals surface area contributed by atoms with Crippen molar-refractivity contribution in [1.82, 2.24) is 4.72 Å². The summed E-state index contributed by atoms with van der Waals surface area (Å²) in [6, 6.07) is 2.17. The molecule has 0 saturated carbocycles. The van der Waals surface area contributed by atoms with Gasteiger partial charge in [-0.15, -0.1) is 0 Å². The largest absolute Gasteiger partial charge is 0.399 e. The van der Waals surface area contributed by atoms with Gasteiger partial charge in [0.1, 0.15) is 14.7 Å². The first-order valence-corrected chi connectivity index (χ1v) is 10.5. The SMILES string of the molecule is CC(CS(C)(=O)=O)NS(=O)(=O)c1c(Br)cc(N)cc1Br. The minimum atomic E-state index is -3.87. The number of halogens is 2. The summed E-state index contributed by atoms with van der Waals surface area (Å²) in [6.45, 7) is 1.48. The number of rotatable bonds is 5. The fourth-order valence-corrected chi connectivity index (χ4v) is 6.61. The molecule has 6 nitrogen and oxygen atoms in total. The smallest absolute Gasteiger partial charge is 0.243 e. The van der Waals surface area contributed by atoms with E-state index in [1.807, 2.05) is 0 Å². The molecule has 20 heavy (non-hydrogen) atoms. The quantitative estimate of drug-likeness (QED) is 0.662. The molecule has 3 N–H and O–H groups in total. The number of sulfonamides is 1. The Bertz CT molecular complexity index is 694. The zero-order chi connectivity index (χ0) is 15.7. The third-order valence-corrected chi connectivity index (χ3v) is 6.77. The number of benzene rings is 1. The molecule has 0 fully saturated rings. The molecule has 0 aliphatic carbocycles. The summed E-state index contributed by atoms with van der Waals surface area (Å²) in [4.78, 5) is -0.0212. The molecule has 0 spiro atoms. The van der Waals surface area contributed by atoms with E-state index in [1.165, 1.54) is 19.1 Å². The van der Waals surface area contributed by atoms with Gasteiger partial charge in [-0.1, -0.05) is 0 Å². The molecule has 1 unspecified atom stereocenters. The van der Waals surface area contributed by atoms with Gasteiger partial charge in [0.15, 0.2) is 0 Å². The van der Waals surface area contributed by atoms with E-state index in [9.17, 15) is 16.8 Å². The second-order valence-electron chi connectivity index (χ2n) is 4.43. The Morgan fingerprint density at radius 1 is 1.20 bits per heavy atom. The highest BCUT2D eigenvalue weighted by Crippen LogP contribution is 2.32. The van der Waals surface area contributed by atoms with Gasteiger partial charge in [-0.2, -0.15) is 0 Å². The molecule has 10 heteroatoms. The Labute approximate surface area is 135 Å². The zero-order valence-corrected chi connectivity index (χ0v) is 15.5. The van der Waals surface area contributed by atoms with Crippen LogP contribution in [0.4, 0.5) is 5.69 Å². The number of hydrogen-bond acceptors (Lipinski definition) is 5. The van der Waals surface area contributed by atoms with Crippen molar-refractivity contribution in [3.8, 4) is 0 Å². The topological polar surface area (TPSA) is 106 Å². The minimum Gasteiger partial charge on any atom is -0.399 e. The van der Waals surface area contributed by atoms with Gasteiger partial charge in [-0.25, -0.2) is 21.6 Å². The van der Waals surface area contributed by atoms with E-state index in [1.54, 1.807) is 0 Å². The van der Waals surface area contributed by atoms with Crippen LogP contribution in [-0.4, -0.2) is 34.9 Å². The van der Waals surface area contributed by atoms with Crippen LogP contribution in [0.1, 0.15) is 6.92 Å². The number of sulfone groups is 1. The van der Waals surface area contributed by atoms with E-state index >= 15 is 0 Å². The van der Waals surface area contributed by atoms with Crippen molar-refractivity contribution in [2.24, 2.45) is 0 Å². The minimum absolute atomic E-state index is 0.0212. The summed E-state index contributed by atoms with van der Waals surface area (Å²) in [5.41, 5.74) is 6.00. The van der Waals surface area contributed by atoms with Crippen LogP contribution in [0, 0.1) is 0 Å². The molecule has 114 valence electrons. The summed E-state index contributed by atoms with van der Waals surface area (Å²) in [5.74, 6) is -0.281. The molecule has 0 aliphatic rings. The normalized spacial score (nSPS) is 14.2. The van der Waals surface area contributed by atoms with E-state index in [-0.39, 0.29) is 10.6 Å². The maximum atomic E-state index is 12.3. The molecule has 0 bridgehead atoms. The fourth-order valence-electron chi connectivity index (χ4n) is 1.65. The second kappa shape index (κ2) is 6.30. The summed E-state index contributed by atoms with van der Waals surface area (Å²) in [7, 11) is -7.15. The Kier molecular flexibility index (Phi) is 5.64. The molecule has 0 aliphatic heterocycles. The standard InChI is InChI=1S/C10H14Br2N2O4S2/c1-6(5-19(2,15)16)14-20(17,18)10-8(11)3-7(13)4-9(10)12/h3-4,6,14H,5,13H2,1-2H3. The Morgan fingerprint density at radius 2 is 1.65 bits per heavy atom. The van der Waals surface area contributed by atoms with Gasteiger partial charge in [-0.05, 0) is 50.9 Å². The van der Waals surface area contributed by atoms with Crippen LogP contribution in [-0.2, 0) is 19.9 Å². The fraction of sp³-hybridized carbons (Fsp3) is 0.400. The third kappa shape index (κ3) is 4.99. The number of nitrogens with two attached hydrogens (primary N) is 1. The van der Waals surface area contributed by atoms with Gasteiger partial charge < -0.3 is 5.73 Å². The Morgan fingerprint density at radius 3 is 2.05 bits per heavy atom. The molecular weight excluding hydrogens is 436 g/mol. The Balaban J connectivity index is 3.13. The lowest BCUT2D eigenvalue weighted by Crippen LogP contribution is -2.37. The average Bonchev–Trinajstić information content (AvgIpc) is 2.08. The van der Waals surface area contributed by atoms with Crippen LogP contribution >= 0.6 is 31.9 Å². The van der Waals surface area contributed by atoms with Crippen LogP contribution in [0.25, 0.3) is 0 Å². The number of hydrogen-bond donors (Lipinski definition) is 2. The Hall–Kier alpha value is -0.160. The number of anilines is 1. The summed E-state index contributed by atoms with van der Waals surface area (Å²) < 4.78 is 49.8. The highest BCUT2D eigenvalue weighted by atomic mass is 79.9. The van der Waals surface area contributed by atoms with Crippen LogP contribution in [0.5, 0.6) is 0 Å². The summed E-state index contributed by atoms with van der Waals surface area (Å²) in [6.07, 6.45) is 1.05. The first-order chi connectivity index (χ1) is 8.92. The lowest BCUT2D eigenvalue weighted by atomic mass is 10.3. The molecule has 0 heterocycles. The summed E-state index contributed by atoms with van der Waals surface area (Å²) in [5, 5.41) is 0. The first kappa shape index (κ1) is 17.9. The van der Waals surface area contributed by atoms with E-state index in [4.69, 9.17) is 5.73 Å². The van der Waals surface area contributed by atoms with Crippen LogP contribution in [0.3, 0.4) is 0 Å². The highest BCUT2D eigenvalue weighted by molar-refractivity contribution is 9.11. The van der Waals surface area contributed by atoms with Gasteiger partial charge in [0, 0.05) is 26.9 Å². The van der Waals surface area contributed by atoms with Crippen molar-refractivity contribution in [2.75, 3.05) is 17.7 Å². The van der Waals surface area contributed by atoms with E-state index in [2.05, 4.69) is 36.6 Å². The van der Waals surface area contributed by atoms with E-state index in [0.29, 0.717) is 14.6 Å². The molecule has 0 radical (unpaired) electrons. The molecule has 0 aromatic heterocycles. The maximum Gasteiger partial charge on any atom is 0.243 e. The van der Waals surface area contributed by atoms with E-state index < -0.39 is 25.9 Å². The predicted octanol–water partition coefficient (Wildman–Crippen LogP) is 1.51. The zero-order valence-electron chi connectivity index (χ0n) is 10.7. The van der Waals surface area contributed by atoms with Gasteiger partial charge in [0.25, 0.3) is 0 Å². The molecule has 0 amide bonds. The van der Waals surface area contributed by atoms with Crippen molar-refractivity contribution >= 4 is 57.4 Å². The van der Waals surface area contributed by atoms with Crippen molar-refractivity contribution in [2.45, 2.75) is 17.9 Å². The van der Waals surface area contributed by atoms with Crippen molar-refractivity contribution < 1.29 is 16.8 Å². The van der Waals surface area contributed by atoms with Crippen molar-refractivity contribution in [3.05, 3.63) is 21.1 Å². The van der Waals surface area contributed by atoms with Crippen LogP contribution in [0.15, 0.2) is 26.0 Å².